The van der Waals surface area contributed by atoms with Crippen LogP contribution in [0.15, 0.2) is 43.1 Å². The highest BCUT2D eigenvalue weighted by molar-refractivity contribution is 5.88. The molecule has 2 aromatic rings. The molecule has 6 heteroatoms. The third kappa shape index (κ3) is 3.24. The second-order valence-electron chi connectivity index (χ2n) is 3.70. The molecule has 0 unspecified atom stereocenters. The minimum absolute atomic E-state index is 0.125. The summed E-state index contributed by atoms with van der Waals surface area (Å²) in [5, 5.41) is 5.42. The third-order valence-corrected chi connectivity index (χ3v) is 2.36. The highest BCUT2D eigenvalue weighted by atomic mass is 16.2. The van der Waals surface area contributed by atoms with Gasteiger partial charge in [-0.15, -0.1) is 0 Å². The summed E-state index contributed by atoms with van der Waals surface area (Å²) in [5.74, 6) is 0.459. The van der Waals surface area contributed by atoms with E-state index in [9.17, 15) is 4.79 Å². The van der Waals surface area contributed by atoms with Crippen LogP contribution in [0, 0.1) is 0 Å². The number of amides is 2. The maximum absolute atomic E-state index is 11.7. The predicted octanol–water partition coefficient (Wildman–Crippen LogP) is 1.75. The molecule has 0 radical (unpaired) electrons. The van der Waals surface area contributed by atoms with Crippen molar-refractivity contribution in [2.45, 2.75) is 13.0 Å². The fourth-order valence-corrected chi connectivity index (χ4v) is 1.43. The summed E-state index contributed by atoms with van der Waals surface area (Å²) in [6.45, 7) is 1.89. The van der Waals surface area contributed by atoms with Crippen molar-refractivity contribution in [2.75, 3.05) is 5.32 Å². The molecule has 0 aromatic carbocycles. The molecular weight excluding hydrogens is 230 g/mol. The van der Waals surface area contributed by atoms with Gasteiger partial charge >= 0.3 is 6.03 Å². The van der Waals surface area contributed by atoms with Gasteiger partial charge in [0.2, 0.25) is 0 Å². The molecule has 0 fully saturated rings. The molecule has 2 amide bonds. The number of anilines is 1. The van der Waals surface area contributed by atoms with Crippen molar-refractivity contribution >= 4 is 11.8 Å². The average molecular weight is 243 g/mol. The number of nitrogens with one attached hydrogen (secondary N) is 2. The number of hydrogen-bond acceptors (Lipinski definition) is 4. The van der Waals surface area contributed by atoms with Crippen molar-refractivity contribution in [3.63, 3.8) is 0 Å². The Kier molecular flexibility index (Phi) is 3.80. The predicted molar refractivity (Wildman–Crippen MR) is 66.8 cm³/mol. The number of carbonyl (C=O) groups excluding carboxylic acids is 1. The summed E-state index contributed by atoms with van der Waals surface area (Å²) in [6, 6.07) is 4.91. The molecule has 0 saturated heterocycles. The topological polar surface area (TPSA) is 79.8 Å². The molecule has 0 aliphatic carbocycles. The Labute approximate surface area is 105 Å². The van der Waals surface area contributed by atoms with Gasteiger partial charge < -0.3 is 5.32 Å². The highest BCUT2D eigenvalue weighted by Crippen LogP contribution is 2.09. The minimum Gasteiger partial charge on any atom is -0.331 e. The van der Waals surface area contributed by atoms with Gasteiger partial charge in [-0.1, -0.05) is 6.07 Å². The Morgan fingerprint density at radius 3 is 2.83 bits per heavy atom. The molecule has 1 atom stereocenters. The van der Waals surface area contributed by atoms with E-state index >= 15 is 0 Å². The van der Waals surface area contributed by atoms with Gasteiger partial charge in [-0.05, 0) is 24.6 Å². The van der Waals surface area contributed by atoms with Crippen LogP contribution in [0.1, 0.15) is 18.5 Å². The van der Waals surface area contributed by atoms with Gasteiger partial charge in [0.1, 0.15) is 12.1 Å². The molecule has 2 heterocycles. The van der Waals surface area contributed by atoms with E-state index in [0.717, 1.165) is 5.56 Å². The Morgan fingerprint density at radius 1 is 1.28 bits per heavy atom. The lowest BCUT2D eigenvalue weighted by Gasteiger charge is -2.14. The van der Waals surface area contributed by atoms with E-state index in [4.69, 9.17) is 0 Å². The minimum atomic E-state index is -0.315. The summed E-state index contributed by atoms with van der Waals surface area (Å²) < 4.78 is 0. The zero-order valence-electron chi connectivity index (χ0n) is 9.87. The second kappa shape index (κ2) is 5.72. The van der Waals surface area contributed by atoms with Gasteiger partial charge in [0.25, 0.3) is 0 Å². The molecule has 18 heavy (non-hydrogen) atoms. The number of urea groups is 1. The van der Waals surface area contributed by atoms with E-state index in [-0.39, 0.29) is 12.1 Å². The first kappa shape index (κ1) is 12.0. The number of nitrogens with zero attached hydrogens (tertiary/aromatic N) is 3. The molecule has 2 aromatic heterocycles. The lowest BCUT2D eigenvalue weighted by Crippen LogP contribution is -2.31. The van der Waals surface area contributed by atoms with E-state index in [1.54, 1.807) is 24.7 Å². The molecule has 0 aliphatic heterocycles. The van der Waals surface area contributed by atoms with E-state index in [1.165, 1.54) is 6.33 Å². The van der Waals surface area contributed by atoms with Crippen LogP contribution in [0.2, 0.25) is 0 Å². The normalized spacial score (nSPS) is 11.6. The summed E-state index contributed by atoms with van der Waals surface area (Å²) in [5.41, 5.74) is 0.940. The first-order valence-corrected chi connectivity index (χ1v) is 5.49. The fraction of sp³-hybridized carbons (Fsp3) is 0.167. The quantitative estimate of drug-likeness (QED) is 0.860. The Morgan fingerprint density at radius 2 is 2.17 bits per heavy atom. The van der Waals surface area contributed by atoms with Gasteiger partial charge in [-0.25, -0.2) is 14.8 Å². The summed E-state index contributed by atoms with van der Waals surface area (Å²) in [7, 11) is 0. The van der Waals surface area contributed by atoms with Crippen molar-refractivity contribution in [1.82, 2.24) is 20.3 Å². The van der Waals surface area contributed by atoms with Crippen LogP contribution in [0.3, 0.4) is 0 Å². The molecule has 0 aliphatic rings. The van der Waals surface area contributed by atoms with E-state index in [1.807, 2.05) is 19.1 Å². The van der Waals surface area contributed by atoms with Crippen molar-refractivity contribution in [1.29, 1.82) is 0 Å². The van der Waals surface area contributed by atoms with Crippen LogP contribution in [-0.2, 0) is 0 Å². The zero-order chi connectivity index (χ0) is 12.8. The summed E-state index contributed by atoms with van der Waals surface area (Å²) >= 11 is 0. The van der Waals surface area contributed by atoms with Gasteiger partial charge in [0.05, 0.1) is 6.04 Å². The van der Waals surface area contributed by atoms with Crippen molar-refractivity contribution in [2.24, 2.45) is 0 Å². The number of carbonyl (C=O) groups is 1. The maximum Gasteiger partial charge on any atom is 0.320 e. The molecule has 0 saturated carbocycles. The Hall–Kier alpha value is -2.50. The van der Waals surface area contributed by atoms with Crippen molar-refractivity contribution in [3.8, 4) is 0 Å². The van der Waals surface area contributed by atoms with Crippen LogP contribution in [0.5, 0.6) is 0 Å². The van der Waals surface area contributed by atoms with E-state index in [0.29, 0.717) is 5.82 Å². The second-order valence-corrected chi connectivity index (χ2v) is 3.70. The van der Waals surface area contributed by atoms with Crippen LogP contribution >= 0.6 is 0 Å². The molecule has 0 bridgehead atoms. The molecular formula is C12H13N5O. The molecule has 2 rings (SSSR count). The third-order valence-electron chi connectivity index (χ3n) is 2.36. The lowest BCUT2D eigenvalue weighted by atomic mass is 10.1. The first-order valence-electron chi connectivity index (χ1n) is 5.49. The van der Waals surface area contributed by atoms with Gasteiger partial charge in [-0.2, -0.15) is 0 Å². The van der Waals surface area contributed by atoms with Crippen molar-refractivity contribution < 1.29 is 4.79 Å². The number of aromatic nitrogens is 3. The van der Waals surface area contributed by atoms with Crippen LogP contribution in [-0.4, -0.2) is 21.0 Å². The average Bonchev–Trinajstić information content (AvgIpc) is 2.40. The maximum atomic E-state index is 11.7. The molecule has 92 valence electrons. The van der Waals surface area contributed by atoms with E-state index < -0.39 is 0 Å². The zero-order valence-corrected chi connectivity index (χ0v) is 9.87. The molecule has 2 N–H and O–H groups in total. The Balaban J connectivity index is 1.92. The van der Waals surface area contributed by atoms with Crippen LogP contribution in [0.25, 0.3) is 0 Å². The molecule has 0 spiro atoms. The van der Waals surface area contributed by atoms with Gasteiger partial charge in [0.15, 0.2) is 0 Å². The Bertz CT molecular complexity index is 502. The smallest absolute Gasteiger partial charge is 0.320 e. The number of pyridine rings is 1. The number of hydrogen-bond donors (Lipinski definition) is 2. The van der Waals surface area contributed by atoms with Gasteiger partial charge in [0, 0.05) is 18.6 Å². The summed E-state index contributed by atoms with van der Waals surface area (Å²) in [4.78, 5) is 23.4. The van der Waals surface area contributed by atoms with Crippen LogP contribution < -0.4 is 10.6 Å². The standard InChI is InChI=1S/C12H13N5O/c1-9(10-3-2-5-13-7-10)16-12(18)17-11-4-6-14-8-15-11/h2-9H,1H3,(H2,14,15,16,17,18)/t9-/m1/s1. The highest BCUT2D eigenvalue weighted by Gasteiger charge is 2.09. The first-order chi connectivity index (χ1) is 8.75. The number of rotatable bonds is 3. The van der Waals surface area contributed by atoms with Crippen molar-refractivity contribution in [3.05, 3.63) is 48.7 Å². The van der Waals surface area contributed by atoms with E-state index in [2.05, 4.69) is 25.6 Å². The SMILES string of the molecule is C[C@@H](NC(=O)Nc1ccncn1)c1cccnc1. The monoisotopic (exact) mass is 243 g/mol. The lowest BCUT2D eigenvalue weighted by molar-refractivity contribution is 0.249. The molecule has 6 nitrogen and oxygen atoms in total. The largest absolute Gasteiger partial charge is 0.331 e. The fourth-order valence-electron chi connectivity index (χ4n) is 1.43. The van der Waals surface area contributed by atoms with Crippen LogP contribution in [0.4, 0.5) is 10.6 Å². The van der Waals surface area contributed by atoms with Gasteiger partial charge in [-0.3, -0.25) is 10.3 Å². The summed E-state index contributed by atoms with van der Waals surface area (Å²) in [6.07, 6.45) is 6.35.